The van der Waals surface area contributed by atoms with Crippen LogP contribution in [0.25, 0.3) is 0 Å². The number of hydrogen-bond acceptors (Lipinski definition) is 8. The van der Waals surface area contributed by atoms with Crippen molar-refractivity contribution in [1.29, 1.82) is 0 Å². The summed E-state index contributed by atoms with van der Waals surface area (Å²) in [6, 6.07) is 13.3. The Morgan fingerprint density at radius 1 is 1.16 bits per heavy atom. The van der Waals surface area contributed by atoms with Crippen molar-refractivity contribution >= 4 is 35.5 Å². The number of aryl methyl sites for hydroxylation is 2. The van der Waals surface area contributed by atoms with Gasteiger partial charge in [-0.05, 0) is 74.7 Å². The molecule has 2 amide bonds. The molecule has 1 aromatic heterocycles. The summed E-state index contributed by atoms with van der Waals surface area (Å²) in [7, 11) is 0. The average molecular weight is 540 g/mol. The van der Waals surface area contributed by atoms with E-state index in [-0.39, 0.29) is 30.9 Å². The zero-order valence-electron chi connectivity index (χ0n) is 21.9. The first kappa shape index (κ1) is 27.9. The Morgan fingerprint density at radius 2 is 1.97 bits per heavy atom. The summed E-state index contributed by atoms with van der Waals surface area (Å²) in [4.78, 5) is 43.4. The van der Waals surface area contributed by atoms with Gasteiger partial charge in [-0.25, -0.2) is 14.1 Å². The van der Waals surface area contributed by atoms with Gasteiger partial charge in [0.15, 0.2) is 0 Å². The second-order valence-corrected chi connectivity index (χ2v) is 10.8. The monoisotopic (exact) mass is 539 g/mol. The molecule has 1 saturated heterocycles. The summed E-state index contributed by atoms with van der Waals surface area (Å²) >= 11 is 1.61. The fraction of sp³-hybridized carbons (Fsp3) is 0.500. The normalized spacial score (nSPS) is 15.9. The molecule has 0 bridgehead atoms. The first-order chi connectivity index (χ1) is 18.5. The fourth-order valence-corrected chi connectivity index (χ4v) is 5.52. The van der Waals surface area contributed by atoms with Crippen molar-refractivity contribution < 1.29 is 19.1 Å². The third kappa shape index (κ3) is 8.19. The first-order valence-electron chi connectivity index (χ1n) is 13.5. The van der Waals surface area contributed by atoms with E-state index in [0.717, 1.165) is 48.6 Å². The van der Waals surface area contributed by atoms with Crippen molar-refractivity contribution in [2.24, 2.45) is 5.92 Å². The number of aromatic nitrogens is 1. The Morgan fingerprint density at radius 3 is 2.76 bits per heavy atom. The molecule has 204 valence electrons. The van der Waals surface area contributed by atoms with E-state index < -0.39 is 12.0 Å². The molecule has 1 atom stereocenters. The van der Waals surface area contributed by atoms with E-state index in [1.807, 2.05) is 30.3 Å². The number of ether oxygens (including phenoxy) is 1. The van der Waals surface area contributed by atoms with Gasteiger partial charge in [0.1, 0.15) is 11.9 Å². The number of nitrogens with one attached hydrogen (secondary N) is 3. The van der Waals surface area contributed by atoms with Gasteiger partial charge in [-0.2, -0.15) is 0 Å². The Bertz CT molecular complexity index is 1090. The van der Waals surface area contributed by atoms with E-state index in [2.05, 4.69) is 32.4 Å². The number of pyridine rings is 1. The lowest BCUT2D eigenvalue weighted by molar-refractivity contribution is -0.148. The number of hydrogen-bond donors (Lipinski definition) is 3. The summed E-state index contributed by atoms with van der Waals surface area (Å²) in [5.74, 6) is -0.102. The van der Waals surface area contributed by atoms with Crippen molar-refractivity contribution in [2.45, 2.75) is 56.4 Å². The third-order valence-corrected chi connectivity index (χ3v) is 7.67. The summed E-state index contributed by atoms with van der Waals surface area (Å²) < 4.78 is 7.23. The molecule has 3 N–H and O–H groups in total. The second kappa shape index (κ2) is 14.2. The molecule has 3 heterocycles. The standard InChI is InChI=1S/C28H37N5O4S/c1-2-37-28(36)24(32-27(35)21-18-33(19-21)38-23-11-4-3-5-12-23)17-30-25(34)13-7-6-10-22-15-14-20-9-8-16-29-26(20)31-22/h3-5,11-12,14-15,21,24H,2,6-10,13,16-19H2,1H3,(H,29,31)(H,30,34)(H,32,35). The molecular weight excluding hydrogens is 502 g/mol. The number of amides is 2. The molecule has 4 rings (SSSR count). The van der Waals surface area contributed by atoms with Crippen LogP contribution in [0.5, 0.6) is 0 Å². The smallest absolute Gasteiger partial charge is 0.330 e. The van der Waals surface area contributed by atoms with Crippen molar-refractivity contribution in [3.8, 4) is 0 Å². The minimum absolute atomic E-state index is 0.0106. The number of anilines is 1. The molecule has 2 aliphatic rings. The van der Waals surface area contributed by atoms with Gasteiger partial charge in [-0.1, -0.05) is 24.3 Å². The molecule has 0 spiro atoms. The van der Waals surface area contributed by atoms with Crippen LogP contribution in [-0.4, -0.2) is 65.9 Å². The molecule has 2 aromatic rings. The SMILES string of the molecule is CCOC(=O)C(CNC(=O)CCCCc1ccc2c(n1)NCCC2)NC(=O)C1CN(Sc2ccccc2)C1. The molecule has 2 aliphatic heterocycles. The predicted octanol–water partition coefficient (Wildman–Crippen LogP) is 2.96. The molecule has 10 heteroatoms. The van der Waals surface area contributed by atoms with Crippen LogP contribution >= 0.6 is 11.9 Å². The van der Waals surface area contributed by atoms with Crippen LogP contribution in [0.2, 0.25) is 0 Å². The zero-order valence-corrected chi connectivity index (χ0v) is 22.7. The minimum Gasteiger partial charge on any atom is -0.464 e. The van der Waals surface area contributed by atoms with Gasteiger partial charge >= 0.3 is 5.97 Å². The first-order valence-corrected chi connectivity index (χ1v) is 14.2. The molecule has 9 nitrogen and oxygen atoms in total. The van der Waals surface area contributed by atoms with E-state index in [0.29, 0.717) is 25.9 Å². The number of unbranched alkanes of at least 4 members (excludes halogenated alkanes) is 1. The lowest BCUT2D eigenvalue weighted by Crippen LogP contribution is -2.56. The molecule has 0 radical (unpaired) electrons. The summed E-state index contributed by atoms with van der Waals surface area (Å²) in [5.41, 5.74) is 2.30. The van der Waals surface area contributed by atoms with Gasteiger partial charge in [0, 0.05) is 43.2 Å². The number of rotatable bonds is 13. The highest BCUT2D eigenvalue weighted by Gasteiger charge is 2.35. The highest BCUT2D eigenvalue weighted by molar-refractivity contribution is 7.97. The van der Waals surface area contributed by atoms with Crippen LogP contribution in [0.3, 0.4) is 0 Å². The van der Waals surface area contributed by atoms with Gasteiger partial charge in [-0.15, -0.1) is 0 Å². The summed E-state index contributed by atoms with van der Waals surface area (Å²) in [5, 5.41) is 8.92. The molecule has 38 heavy (non-hydrogen) atoms. The number of nitrogens with zero attached hydrogens (tertiary/aromatic N) is 2. The molecule has 0 saturated carbocycles. The van der Waals surface area contributed by atoms with Gasteiger partial charge in [-0.3, -0.25) is 9.59 Å². The zero-order chi connectivity index (χ0) is 26.7. The second-order valence-electron chi connectivity index (χ2n) is 9.61. The lowest BCUT2D eigenvalue weighted by Gasteiger charge is -2.37. The molecule has 0 aliphatic carbocycles. The predicted molar refractivity (Wildman–Crippen MR) is 148 cm³/mol. The van der Waals surface area contributed by atoms with Crippen LogP contribution in [0.1, 0.15) is 43.9 Å². The lowest BCUT2D eigenvalue weighted by atomic mass is 10.0. The van der Waals surface area contributed by atoms with E-state index in [9.17, 15) is 14.4 Å². The van der Waals surface area contributed by atoms with Gasteiger partial charge in [0.2, 0.25) is 11.8 Å². The van der Waals surface area contributed by atoms with E-state index >= 15 is 0 Å². The maximum Gasteiger partial charge on any atom is 0.330 e. The van der Waals surface area contributed by atoms with E-state index in [4.69, 9.17) is 9.72 Å². The van der Waals surface area contributed by atoms with Crippen LogP contribution in [-0.2, 0) is 32.0 Å². The third-order valence-electron chi connectivity index (χ3n) is 6.63. The Labute approximate surface area is 228 Å². The van der Waals surface area contributed by atoms with Crippen molar-refractivity contribution in [1.82, 2.24) is 19.9 Å². The van der Waals surface area contributed by atoms with Crippen LogP contribution in [0, 0.1) is 5.92 Å². The largest absolute Gasteiger partial charge is 0.464 e. The van der Waals surface area contributed by atoms with Crippen molar-refractivity contribution in [3.63, 3.8) is 0 Å². The van der Waals surface area contributed by atoms with Crippen molar-refractivity contribution in [3.05, 3.63) is 53.7 Å². The maximum atomic E-state index is 12.7. The molecular formula is C28H37N5O4S. The Balaban J connectivity index is 1.16. The molecule has 1 fully saturated rings. The van der Waals surface area contributed by atoms with Crippen LogP contribution in [0.4, 0.5) is 5.82 Å². The number of esters is 1. The van der Waals surface area contributed by atoms with Crippen molar-refractivity contribution in [2.75, 3.05) is 38.1 Å². The number of carbonyl (C=O) groups excluding carboxylic acids is 3. The van der Waals surface area contributed by atoms with Gasteiger partial charge < -0.3 is 20.7 Å². The maximum absolute atomic E-state index is 12.7. The topological polar surface area (TPSA) is 113 Å². The quantitative estimate of drug-likeness (QED) is 0.202. The Hall–Kier alpha value is -3.11. The van der Waals surface area contributed by atoms with E-state index in [1.165, 1.54) is 5.56 Å². The highest BCUT2D eigenvalue weighted by atomic mass is 32.2. The van der Waals surface area contributed by atoms with Gasteiger partial charge in [0.05, 0.1) is 12.5 Å². The molecule has 1 aromatic carbocycles. The van der Waals surface area contributed by atoms with E-state index in [1.54, 1.807) is 18.9 Å². The average Bonchev–Trinajstić information content (AvgIpc) is 2.91. The summed E-state index contributed by atoms with van der Waals surface area (Å²) in [6.45, 7) is 4.09. The number of benzene rings is 1. The van der Waals surface area contributed by atoms with Crippen LogP contribution in [0.15, 0.2) is 47.4 Å². The van der Waals surface area contributed by atoms with Gasteiger partial charge in [0.25, 0.3) is 0 Å². The van der Waals surface area contributed by atoms with Crippen LogP contribution < -0.4 is 16.0 Å². The summed E-state index contributed by atoms with van der Waals surface area (Å²) in [6.07, 6.45) is 4.92. The fourth-order valence-electron chi connectivity index (χ4n) is 4.44. The highest BCUT2D eigenvalue weighted by Crippen LogP contribution is 2.30. The number of fused-ring (bicyclic) bond motifs is 1. The number of carbonyl (C=O) groups is 3. The molecule has 1 unspecified atom stereocenters. The minimum atomic E-state index is -0.908. The Kier molecular flexibility index (Phi) is 10.4.